The summed E-state index contributed by atoms with van der Waals surface area (Å²) in [5, 5.41) is 15.1. The van der Waals surface area contributed by atoms with Gasteiger partial charge in [0, 0.05) is 19.8 Å². The van der Waals surface area contributed by atoms with Crippen molar-refractivity contribution >= 4 is 28.5 Å². The van der Waals surface area contributed by atoms with Gasteiger partial charge in [0.05, 0.1) is 17.8 Å². The van der Waals surface area contributed by atoms with Crippen molar-refractivity contribution in [3.8, 4) is 0 Å². The zero-order chi connectivity index (χ0) is 13.2. The Morgan fingerprint density at radius 2 is 2.26 bits per heavy atom. The van der Waals surface area contributed by atoms with E-state index in [-0.39, 0.29) is 5.28 Å². The first-order chi connectivity index (χ1) is 9.22. The molecule has 2 N–H and O–H groups in total. The molecular weight excluding hydrogens is 266 g/mol. The van der Waals surface area contributed by atoms with E-state index in [1.165, 1.54) is 5.56 Å². The maximum atomic E-state index is 5.86. The molecule has 0 fully saturated rings. The minimum Gasteiger partial charge on any atom is -0.369 e. The van der Waals surface area contributed by atoms with Gasteiger partial charge in [-0.3, -0.25) is 9.78 Å². The van der Waals surface area contributed by atoms with Crippen LogP contribution in [0.15, 0.2) is 18.6 Å². The lowest BCUT2D eigenvalue weighted by atomic mass is 10.2. The number of nitrogens with zero attached hydrogens (tertiary/aromatic N) is 5. The average molecular weight is 278 g/mol. The zero-order valence-corrected chi connectivity index (χ0v) is 11.0. The SMILES string of the molecule is Cn1cc(CCNc2nc(Cl)nc3[nH]ncc23)cn1. The first-order valence-electron chi connectivity index (χ1n) is 5.80. The average Bonchev–Trinajstić information content (AvgIpc) is 2.98. The molecule has 0 aliphatic rings. The van der Waals surface area contributed by atoms with Gasteiger partial charge in [-0.2, -0.15) is 20.2 Å². The van der Waals surface area contributed by atoms with Crippen molar-refractivity contribution in [1.29, 1.82) is 0 Å². The molecule has 0 bridgehead atoms. The molecule has 0 atom stereocenters. The number of hydrogen-bond acceptors (Lipinski definition) is 5. The van der Waals surface area contributed by atoms with E-state index in [4.69, 9.17) is 11.6 Å². The van der Waals surface area contributed by atoms with Crippen molar-refractivity contribution in [2.45, 2.75) is 6.42 Å². The van der Waals surface area contributed by atoms with Crippen LogP contribution in [0.1, 0.15) is 5.56 Å². The third-order valence-corrected chi connectivity index (χ3v) is 2.92. The standard InChI is InChI=1S/C11H12ClN7/c1-19-6-7(4-15-19)2-3-13-9-8-5-14-18-10(8)17-11(12)16-9/h4-6H,2-3H2,1H3,(H2,13,14,16,17,18). The third-order valence-electron chi connectivity index (χ3n) is 2.75. The molecule has 0 saturated heterocycles. The molecular formula is C11H12ClN7. The van der Waals surface area contributed by atoms with Crippen LogP contribution >= 0.6 is 11.6 Å². The molecule has 0 radical (unpaired) electrons. The van der Waals surface area contributed by atoms with Gasteiger partial charge >= 0.3 is 0 Å². The van der Waals surface area contributed by atoms with Gasteiger partial charge in [-0.25, -0.2) is 0 Å². The maximum absolute atomic E-state index is 5.86. The van der Waals surface area contributed by atoms with Crippen LogP contribution in [0.25, 0.3) is 11.0 Å². The van der Waals surface area contributed by atoms with E-state index in [1.807, 2.05) is 19.4 Å². The monoisotopic (exact) mass is 277 g/mol. The number of fused-ring (bicyclic) bond motifs is 1. The summed E-state index contributed by atoms with van der Waals surface area (Å²) in [6, 6.07) is 0. The number of aromatic nitrogens is 6. The number of aryl methyl sites for hydroxylation is 1. The molecule has 0 aliphatic heterocycles. The highest BCUT2D eigenvalue weighted by molar-refractivity contribution is 6.28. The molecule has 8 heteroatoms. The zero-order valence-electron chi connectivity index (χ0n) is 10.3. The van der Waals surface area contributed by atoms with Gasteiger partial charge < -0.3 is 5.32 Å². The molecule has 3 aromatic rings. The highest BCUT2D eigenvalue weighted by atomic mass is 35.5. The highest BCUT2D eigenvalue weighted by Gasteiger charge is 2.07. The first-order valence-corrected chi connectivity index (χ1v) is 6.18. The highest BCUT2D eigenvalue weighted by Crippen LogP contribution is 2.19. The van der Waals surface area contributed by atoms with Crippen LogP contribution in [0, 0.1) is 0 Å². The lowest BCUT2D eigenvalue weighted by molar-refractivity contribution is 0.767. The largest absolute Gasteiger partial charge is 0.369 e. The summed E-state index contributed by atoms with van der Waals surface area (Å²) in [6.45, 7) is 0.735. The van der Waals surface area contributed by atoms with Crippen molar-refractivity contribution < 1.29 is 0 Å². The Balaban J connectivity index is 1.73. The van der Waals surface area contributed by atoms with Crippen molar-refractivity contribution in [1.82, 2.24) is 29.9 Å². The van der Waals surface area contributed by atoms with Gasteiger partial charge in [0.15, 0.2) is 5.65 Å². The van der Waals surface area contributed by atoms with Gasteiger partial charge in [-0.05, 0) is 23.6 Å². The lowest BCUT2D eigenvalue weighted by Crippen LogP contribution is -2.07. The van der Waals surface area contributed by atoms with Crippen molar-refractivity contribution in [2.75, 3.05) is 11.9 Å². The van der Waals surface area contributed by atoms with Gasteiger partial charge in [-0.1, -0.05) is 0 Å². The van der Waals surface area contributed by atoms with Crippen LogP contribution in [0.5, 0.6) is 0 Å². The van der Waals surface area contributed by atoms with E-state index in [9.17, 15) is 0 Å². The molecule has 7 nitrogen and oxygen atoms in total. The minimum absolute atomic E-state index is 0.195. The fraction of sp³-hybridized carbons (Fsp3) is 0.273. The predicted molar refractivity (Wildman–Crippen MR) is 72.1 cm³/mol. The lowest BCUT2D eigenvalue weighted by Gasteiger charge is -2.05. The molecule has 19 heavy (non-hydrogen) atoms. The van der Waals surface area contributed by atoms with Gasteiger partial charge in [0.25, 0.3) is 0 Å². The number of H-pyrrole nitrogens is 1. The maximum Gasteiger partial charge on any atom is 0.226 e. The normalized spacial score (nSPS) is 11.1. The van der Waals surface area contributed by atoms with Crippen LogP contribution in [-0.2, 0) is 13.5 Å². The predicted octanol–water partition coefficient (Wildman–Crippen LogP) is 1.39. The Hall–Kier alpha value is -2.15. The molecule has 3 aromatic heterocycles. The fourth-order valence-corrected chi connectivity index (χ4v) is 2.04. The summed E-state index contributed by atoms with van der Waals surface area (Å²) in [7, 11) is 1.90. The summed E-state index contributed by atoms with van der Waals surface area (Å²) in [5.41, 5.74) is 1.79. The van der Waals surface area contributed by atoms with E-state index in [1.54, 1.807) is 10.9 Å². The van der Waals surface area contributed by atoms with Crippen LogP contribution < -0.4 is 5.32 Å². The number of aromatic amines is 1. The summed E-state index contributed by atoms with van der Waals surface area (Å²) in [4.78, 5) is 8.22. The van der Waals surface area contributed by atoms with E-state index >= 15 is 0 Å². The summed E-state index contributed by atoms with van der Waals surface area (Å²) >= 11 is 5.86. The Kier molecular flexibility index (Phi) is 3.04. The van der Waals surface area contributed by atoms with E-state index in [2.05, 4.69) is 30.6 Å². The number of nitrogens with one attached hydrogen (secondary N) is 2. The first kappa shape index (κ1) is 11.9. The Morgan fingerprint density at radius 3 is 3.05 bits per heavy atom. The number of halogens is 1. The van der Waals surface area contributed by atoms with Gasteiger partial charge in [0.2, 0.25) is 5.28 Å². The number of anilines is 1. The van der Waals surface area contributed by atoms with Gasteiger partial charge in [0.1, 0.15) is 5.82 Å². The Labute approximate surface area is 114 Å². The summed E-state index contributed by atoms with van der Waals surface area (Å²) < 4.78 is 1.78. The second-order valence-electron chi connectivity index (χ2n) is 4.17. The second kappa shape index (κ2) is 4.85. The number of rotatable bonds is 4. The minimum atomic E-state index is 0.195. The van der Waals surface area contributed by atoms with Crippen molar-refractivity contribution in [3.05, 3.63) is 29.4 Å². The fourth-order valence-electron chi connectivity index (χ4n) is 1.87. The smallest absolute Gasteiger partial charge is 0.226 e. The van der Waals surface area contributed by atoms with Crippen LogP contribution in [0.3, 0.4) is 0 Å². The molecule has 0 saturated carbocycles. The van der Waals surface area contributed by atoms with Crippen LogP contribution in [-0.4, -0.2) is 36.5 Å². The molecule has 0 amide bonds. The molecule has 0 aliphatic carbocycles. The van der Waals surface area contributed by atoms with E-state index in [0.717, 1.165) is 18.4 Å². The molecule has 3 rings (SSSR count). The molecule has 0 spiro atoms. The second-order valence-corrected chi connectivity index (χ2v) is 4.51. The van der Waals surface area contributed by atoms with Crippen LogP contribution in [0.4, 0.5) is 5.82 Å². The topological polar surface area (TPSA) is 84.3 Å². The Morgan fingerprint density at radius 1 is 1.37 bits per heavy atom. The van der Waals surface area contributed by atoms with Gasteiger partial charge in [-0.15, -0.1) is 0 Å². The third kappa shape index (κ3) is 2.50. The summed E-state index contributed by atoms with van der Waals surface area (Å²) in [6.07, 6.45) is 6.37. The van der Waals surface area contributed by atoms with E-state index < -0.39 is 0 Å². The number of hydrogen-bond donors (Lipinski definition) is 2. The van der Waals surface area contributed by atoms with E-state index in [0.29, 0.717) is 11.5 Å². The summed E-state index contributed by atoms with van der Waals surface area (Å²) in [5.74, 6) is 0.688. The van der Waals surface area contributed by atoms with Crippen molar-refractivity contribution in [3.63, 3.8) is 0 Å². The Bertz CT molecular complexity index is 702. The molecule has 3 heterocycles. The van der Waals surface area contributed by atoms with Crippen LogP contribution in [0.2, 0.25) is 5.28 Å². The molecule has 0 aromatic carbocycles. The quantitative estimate of drug-likeness (QED) is 0.704. The molecule has 0 unspecified atom stereocenters. The molecule has 98 valence electrons. The van der Waals surface area contributed by atoms with Crippen molar-refractivity contribution in [2.24, 2.45) is 7.05 Å².